The van der Waals surface area contributed by atoms with Gasteiger partial charge in [-0.2, -0.15) is 0 Å². The van der Waals surface area contributed by atoms with Gasteiger partial charge in [0.05, 0.1) is 23.2 Å². The van der Waals surface area contributed by atoms with Crippen molar-refractivity contribution in [3.63, 3.8) is 0 Å². The molecule has 0 aromatic heterocycles. The van der Waals surface area contributed by atoms with E-state index in [0.717, 1.165) is 29.7 Å². The molecule has 1 aliphatic heterocycles. The van der Waals surface area contributed by atoms with Crippen LogP contribution < -0.4 is 14.8 Å². The average molecular weight is 433 g/mol. The molecule has 3 rings (SSSR count). The highest BCUT2D eigenvalue weighted by Gasteiger charge is 2.20. The summed E-state index contributed by atoms with van der Waals surface area (Å²) in [4.78, 5) is 15.3. The Morgan fingerprint density at radius 1 is 1.19 bits per heavy atom. The van der Waals surface area contributed by atoms with Crippen LogP contribution in [0.25, 0.3) is 0 Å². The van der Waals surface area contributed by atoms with Crippen LogP contribution in [-0.2, 0) is 13.0 Å². The molecule has 0 bridgehead atoms. The number of hydrogen-bond acceptors (Lipinski definition) is 4. The summed E-state index contributed by atoms with van der Waals surface area (Å²) in [6.07, 6.45) is 0.924. The minimum Gasteiger partial charge on any atom is -0.493 e. The number of hydrogen-bond donors (Lipinski definition) is 1. The fraction of sp³-hybridized carbons (Fsp3) is 0.381. The first-order valence-corrected chi connectivity index (χ1v) is 10.0. The Morgan fingerprint density at radius 3 is 2.67 bits per heavy atom. The molecule has 0 saturated heterocycles. The Kier molecular flexibility index (Phi) is 6.39. The molecule has 27 heavy (non-hydrogen) atoms. The first-order valence-electron chi connectivity index (χ1n) is 9.23. The van der Waals surface area contributed by atoms with Gasteiger partial charge in [-0.25, -0.2) is 0 Å². The van der Waals surface area contributed by atoms with Gasteiger partial charge in [0.1, 0.15) is 11.5 Å². The number of amides is 1. The van der Waals surface area contributed by atoms with Gasteiger partial charge in [0.2, 0.25) is 0 Å². The van der Waals surface area contributed by atoms with E-state index in [2.05, 4.69) is 39.3 Å². The van der Waals surface area contributed by atoms with Gasteiger partial charge in [0.25, 0.3) is 5.91 Å². The summed E-state index contributed by atoms with van der Waals surface area (Å²) in [5, 5.41) is 3.08. The summed E-state index contributed by atoms with van der Waals surface area (Å²) in [5.41, 5.74) is 3.84. The van der Waals surface area contributed by atoms with Crippen molar-refractivity contribution in [2.24, 2.45) is 0 Å². The van der Waals surface area contributed by atoms with Crippen LogP contribution in [0.1, 0.15) is 35.3 Å². The third-order valence-electron chi connectivity index (χ3n) is 4.58. The van der Waals surface area contributed by atoms with Crippen molar-refractivity contribution in [2.75, 3.05) is 32.1 Å². The maximum Gasteiger partial charge on any atom is 0.259 e. The maximum absolute atomic E-state index is 13.0. The third kappa shape index (κ3) is 4.45. The van der Waals surface area contributed by atoms with Crippen molar-refractivity contribution >= 4 is 27.5 Å². The SMILES string of the molecule is CCOc1cc(OCC)c(C(=O)Nc2cccc3c2CCN(C)C3)cc1Br. The van der Waals surface area contributed by atoms with E-state index in [4.69, 9.17) is 9.47 Å². The van der Waals surface area contributed by atoms with E-state index in [9.17, 15) is 4.79 Å². The zero-order valence-electron chi connectivity index (χ0n) is 16.0. The number of carbonyl (C=O) groups excluding carboxylic acids is 1. The second-order valence-corrected chi connectivity index (χ2v) is 7.38. The zero-order chi connectivity index (χ0) is 19.4. The number of likely N-dealkylation sites (N-methyl/N-ethyl adjacent to an activating group) is 1. The van der Waals surface area contributed by atoms with Gasteiger partial charge < -0.3 is 19.7 Å². The Bertz CT molecular complexity index is 838. The summed E-state index contributed by atoms with van der Waals surface area (Å²) in [6.45, 7) is 6.72. The number of carbonyl (C=O) groups is 1. The summed E-state index contributed by atoms with van der Waals surface area (Å²) >= 11 is 3.49. The number of nitrogens with one attached hydrogen (secondary N) is 1. The number of ether oxygens (including phenoxy) is 2. The molecule has 0 aliphatic carbocycles. The van der Waals surface area contributed by atoms with E-state index >= 15 is 0 Å². The number of nitrogens with zero attached hydrogens (tertiary/aromatic N) is 1. The number of halogens is 1. The fourth-order valence-corrected chi connectivity index (χ4v) is 3.77. The number of rotatable bonds is 6. The molecule has 0 fully saturated rings. The predicted molar refractivity (Wildman–Crippen MR) is 111 cm³/mol. The van der Waals surface area contributed by atoms with E-state index in [1.807, 2.05) is 26.0 Å². The van der Waals surface area contributed by atoms with Crippen LogP contribution in [0, 0.1) is 0 Å². The van der Waals surface area contributed by atoms with E-state index in [1.165, 1.54) is 11.1 Å². The van der Waals surface area contributed by atoms with Gasteiger partial charge >= 0.3 is 0 Å². The highest BCUT2D eigenvalue weighted by atomic mass is 79.9. The van der Waals surface area contributed by atoms with Crippen LogP contribution >= 0.6 is 15.9 Å². The second kappa shape index (κ2) is 8.76. The van der Waals surface area contributed by atoms with Gasteiger partial charge in [-0.1, -0.05) is 12.1 Å². The summed E-state index contributed by atoms with van der Waals surface area (Å²) < 4.78 is 12.0. The molecular weight excluding hydrogens is 408 g/mol. The average Bonchev–Trinajstić information content (AvgIpc) is 2.64. The minimum absolute atomic E-state index is 0.186. The van der Waals surface area contributed by atoms with Crippen LogP contribution in [-0.4, -0.2) is 37.6 Å². The number of anilines is 1. The molecule has 6 heteroatoms. The molecule has 0 atom stereocenters. The standard InChI is InChI=1S/C21H25BrN2O3/c1-4-26-19-12-20(27-5-2)17(22)11-16(19)21(25)23-18-8-6-7-14-13-24(3)10-9-15(14)18/h6-8,11-12H,4-5,9-10,13H2,1-3H3,(H,23,25). The van der Waals surface area contributed by atoms with Crippen molar-refractivity contribution in [3.8, 4) is 11.5 Å². The zero-order valence-corrected chi connectivity index (χ0v) is 17.6. The van der Waals surface area contributed by atoms with Crippen LogP contribution in [0.2, 0.25) is 0 Å². The van der Waals surface area contributed by atoms with Crippen LogP contribution in [0.5, 0.6) is 11.5 Å². The molecular formula is C21H25BrN2O3. The summed E-state index contributed by atoms with van der Waals surface area (Å²) in [7, 11) is 2.11. The largest absolute Gasteiger partial charge is 0.493 e. The molecule has 1 N–H and O–H groups in total. The lowest BCUT2D eigenvalue weighted by molar-refractivity contribution is 0.102. The van der Waals surface area contributed by atoms with Gasteiger partial charge in [-0.3, -0.25) is 4.79 Å². The predicted octanol–water partition coefficient (Wildman–Crippen LogP) is 4.49. The third-order valence-corrected chi connectivity index (χ3v) is 5.20. The first kappa shape index (κ1) is 19.7. The molecule has 1 aliphatic rings. The monoisotopic (exact) mass is 432 g/mol. The fourth-order valence-electron chi connectivity index (χ4n) is 3.31. The van der Waals surface area contributed by atoms with Crippen molar-refractivity contribution < 1.29 is 14.3 Å². The highest BCUT2D eigenvalue weighted by molar-refractivity contribution is 9.10. The highest BCUT2D eigenvalue weighted by Crippen LogP contribution is 2.34. The summed E-state index contributed by atoms with van der Waals surface area (Å²) in [6, 6.07) is 9.60. The smallest absolute Gasteiger partial charge is 0.259 e. The van der Waals surface area contributed by atoms with Gasteiger partial charge in [-0.05, 0) is 66.5 Å². The van der Waals surface area contributed by atoms with Gasteiger partial charge in [0, 0.05) is 24.8 Å². The Morgan fingerprint density at radius 2 is 1.93 bits per heavy atom. The lowest BCUT2D eigenvalue weighted by atomic mass is 9.98. The van der Waals surface area contributed by atoms with Crippen molar-refractivity contribution in [1.29, 1.82) is 0 Å². The number of benzene rings is 2. The molecule has 5 nitrogen and oxygen atoms in total. The maximum atomic E-state index is 13.0. The molecule has 144 valence electrons. The Hall–Kier alpha value is -2.05. The van der Waals surface area contributed by atoms with E-state index < -0.39 is 0 Å². The normalized spacial score (nSPS) is 13.8. The van der Waals surface area contributed by atoms with Gasteiger partial charge in [-0.15, -0.1) is 0 Å². The molecule has 2 aromatic carbocycles. The minimum atomic E-state index is -0.186. The van der Waals surface area contributed by atoms with E-state index in [1.54, 1.807) is 12.1 Å². The molecule has 2 aromatic rings. The van der Waals surface area contributed by atoms with E-state index in [-0.39, 0.29) is 5.91 Å². The molecule has 0 unspecified atom stereocenters. The molecule has 0 radical (unpaired) electrons. The van der Waals surface area contributed by atoms with Crippen LogP contribution in [0.3, 0.4) is 0 Å². The van der Waals surface area contributed by atoms with Gasteiger partial charge in [0.15, 0.2) is 0 Å². The quantitative estimate of drug-likeness (QED) is 0.730. The van der Waals surface area contributed by atoms with Crippen molar-refractivity contribution in [1.82, 2.24) is 4.90 Å². The summed E-state index contributed by atoms with van der Waals surface area (Å²) in [5.74, 6) is 0.998. The molecule has 1 heterocycles. The van der Waals surface area contributed by atoms with E-state index in [0.29, 0.717) is 30.3 Å². The lowest BCUT2D eigenvalue weighted by Gasteiger charge is -2.27. The van der Waals surface area contributed by atoms with Crippen molar-refractivity contribution in [3.05, 3.63) is 51.5 Å². The Labute approximate surface area is 168 Å². The second-order valence-electron chi connectivity index (χ2n) is 6.53. The molecule has 1 amide bonds. The topological polar surface area (TPSA) is 50.8 Å². The number of fused-ring (bicyclic) bond motifs is 1. The molecule has 0 saturated carbocycles. The van der Waals surface area contributed by atoms with Crippen LogP contribution in [0.4, 0.5) is 5.69 Å². The van der Waals surface area contributed by atoms with Crippen molar-refractivity contribution in [2.45, 2.75) is 26.8 Å². The lowest BCUT2D eigenvalue weighted by Crippen LogP contribution is -2.27. The van der Waals surface area contributed by atoms with Crippen LogP contribution in [0.15, 0.2) is 34.8 Å². The first-order chi connectivity index (χ1) is 13.0. The Balaban J connectivity index is 1.90. The molecule has 0 spiro atoms.